The molecule has 33 heavy (non-hydrogen) atoms. The molecule has 1 aliphatic carbocycles. The molecule has 6 rings (SSSR count). The van der Waals surface area contributed by atoms with E-state index >= 15 is 0 Å². The first-order valence-corrected chi connectivity index (χ1v) is 12.1. The number of methoxy groups -OCH3 is 1. The van der Waals surface area contributed by atoms with Crippen LogP contribution in [0.15, 0.2) is 29.4 Å². The summed E-state index contributed by atoms with van der Waals surface area (Å²) in [6, 6.07) is 5.45. The van der Waals surface area contributed by atoms with E-state index in [1.54, 1.807) is 23.4 Å². The highest BCUT2D eigenvalue weighted by molar-refractivity contribution is 8.14. The fraction of sp³-hybridized carbons (Fsp3) is 0.476. The van der Waals surface area contributed by atoms with E-state index in [0.717, 1.165) is 23.5 Å². The molecule has 1 amide bonds. The Bertz CT molecular complexity index is 1220. The molecule has 12 heteroatoms. The van der Waals surface area contributed by atoms with E-state index in [2.05, 4.69) is 30.9 Å². The van der Waals surface area contributed by atoms with Crippen LogP contribution in [0.25, 0.3) is 5.52 Å². The minimum absolute atomic E-state index is 0.0910. The highest BCUT2D eigenvalue weighted by Gasteiger charge is 2.39. The topological polar surface area (TPSA) is 125 Å². The van der Waals surface area contributed by atoms with E-state index in [-0.39, 0.29) is 12.0 Å². The van der Waals surface area contributed by atoms with Crippen LogP contribution >= 0.6 is 11.8 Å². The molecule has 3 aliphatic rings. The Morgan fingerprint density at radius 3 is 3.06 bits per heavy atom. The lowest BCUT2D eigenvalue weighted by molar-refractivity contribution is -0.120. The first-order chi connectivity index (χ1) is 16.2. The van der Waals surface area contributed by atoms with Crippen LogP contribution in [0, 0.1) is 0 Å². The number of aromatic nitrogens is 5. The summed E-state index contributed by atoms with van der Waals surface area (Å²) < 4.78 is 7.36. The van der Waals surface area contributed by atoms with Crippen LogP contribution in [0.2, 0.25) is 0 Å². The van der Waals surface area contributed by atoms with Gasteiger partial charge < -0.3 is 20.3 Å². The SMILES string of the molecule is CO[C@@H]1C[C@@H](C(=O)NC2=NCCS2)N(c2nc(Nc3cc(C4CC4)[nH]n3)c3cccn3n2)C1. The molecule has 3 aromatic heterocycles. The predicted octanol–water partition coefficient (Wildman–Crippen LogP) is 1.89. The Kier molecular flexibility index (Phi) is 5.18. The molecule has 2 atom stereocenters. The minimum Gasteiger partial charge on any atom is -0.380 e. The number of amides is 1. The Labute approximate surface area is 194 Å². The average Bonchev–Trinajstić information content (AvgIpc) is 3.28. The van der Waals surface area contributed by atoms with Gasteiger partial charge in [0.2, 0.25) is 11.9 Å². The molecule has 0 aromatic carbocycles. The van der Waals surface area contributed by atoms with Gasteiger partial charge in [0.15, 0.2) is 16.8 Å². The van der Waals surface area contributed by atoms with Crippen molar-refractivity contribution in [3.8, 4) is 0 Å². The number of fused-ring (bicyclic) bond motifs is 1. The number of hydrogen-bond acceptors (Lipinski definition) is 9. The molecule has 172 valence electrons. The number of carbonyl (C=O) groups is 1. The van der Waals surface area contributed by atoms with E-state index in [4.69, 9.17) is 9.72 Å². The fourth-order valence-electron chi connectivity index (χ4n) is 4.30. The summed E-state index contributed by atoms with van der Waals surface area (Å²) in [5.41, 5.74) is 1.97. The molecule has 2 fully saturated rings. The largest absolute Gasteiger partial charge is 0.380 e. The number of carbonyl (C=O) groups excluding carboxylic acids is 1. The van der Waals surface area contributed by atoms with Crippen LogP contribution in [0.5, 0.6) is 0 Å². The van der Waals surface area contributed by atoms with Crippen LogP contribution in [-0.2, 0) is 9.53 Å². The fourth-order valence-corrected chi connectivity index (χ4v) is 5.03. The summed E-state index contributed by atoms with van der Waals surface area (Å²) in [5.74, 6) is 3.17. The van der Waals surface area contributed by atoms with Gasteiger partial charge in [-0.05, 0) is 25.0 Å². The third-order valence-electron chi connectivity index (χ3n) is 6.21. The maximum atomic E-state index is 13.1. The van der Waals surface area contributed by atoms with Crippen molar-refractivity contribution < 1.29 is 9.53 Å². The first-order valence-electron chi connectivity index (χ1n) is 11.1. The van der Waals surface area contributed by atoms with Gasteiger partial charge in [-0.1, -0.05) is 11.8 Å². The number of rotatable bonds is 6. The van der Waals surface area contributed by atoms with Gasteiger partial charge in [0.25, 0.3) is 0 Å². The van der Waals surface area contributed by atoms with Crippen molar-refractivity contribution in [1.29, 1.82) is 0 Å². The Morgan fingerprint density at radius 1 is 1.36 bits per heavy atom. The van der Waals surface area contributed by atoms with Crippen molar-refractivity contribution in [2.24, 2.45) is 4.99 Å². The van der Waals surface area contributed by atoms with E-state index in [0.29, 0.717) is 41.6 Å². The summed E-state index contributed by atoms with van der Waals surface area (Å²) in [6.45, 7) is 1.25. The van der Waals surface area contributed by atoms with Crippen LogP contribution in [-0.4, -0.2) is 74.0 Å². The second-order valence-electron chi connectivity index (χ2n) is 8.49. The molecule has 1 saturated carbocycles. The van der Waals surface area contributed by atoms with Crippen molar-refractivity contribution in [1.82, 2.24) is 30.1 Å². The maximum absolute atomic E-state index is 13.1. The quantitative estimate of drug-likeness (QED) is 0.502. The summed E-state index contributed by atoms with van der Waals surface area (Å²) in [6.07, 6.45) is 4.74. The van der Waals surface area contributed by atoms with Gasteiger partial charge in [-0.15, -0.1) is 5.10 Å². The van der Waals surface area contributed by atoms with E-state index in [9.17, 15) is 4.79 Å². The highest BCUT2D eigenvalue weighted by atomic mass is 32.2. The van der Waals surface area contributed by atoms with Crippen molar-refractivity contribution in [3.63, 3.8) is 0 Å². The molecule has 5 heterocycles. The zero-order valence-corrected chi connectivity index (χ0v) is 19.0. The van der Waals surface area contributed by atoms with Crippen LogP contribution in [0.4, 0.5) is 17.6 Å². The monoisotopic (exact) mass is 467 g/mol. The molecular formula is C21H25N9O2S. The molecule has 0 unspecified atom stereocenters. The second-order valence-corrected chi connectivity index (χ2v) is 9.58. The lowest BCUT2D eigenvalue weighted by Gasteiger charge is -2.24. The number of H-pyrrole nitrogens is 1. The van der Waals surface area contributed by atoms with E-state index < -0.39 is 6.04 Å². The van der Waals surface area contributed by atoms with Crippen molar-refractivity contribution in [2.75, 3.05) is 36.2 Å². The number of anilines is 3. The Morgan fingerprint density at radius 2 is 2.27 bits per heavy atom. The van der Waals surface area contributed by atoms with E-state index in [1.165, 1.54) is 12.8 Å². The lowest BCUT2D eigenvalue weighted by Crippen LogP contribution is -2.45. The Balaban J connectivity index is 1.31. The Hall–Kier alpha value is -3.12. The van der Waals surface area contributed by atoms with Crippen molar-refractivity contribution in [3.05, 3.63) is 30.1 Å². The van der Waals surface area contributed by atoms with Crippen LogP contribution < -0.4 is 15.5 Å². The lowest BCUT2D eigenvalue weighted by atomic mass is 10.2. The van der Waals surface area contributed by atoms with Gasteiger partial charge in [-0.3, -0.25) is 14.9 Å². The summed E-state index contributed by atoms with van der Waals surface area (Å²) in [5, 5.41) is 19.2. The highest BCUT2D eigenvalue weighted by Crippen LogP contribution is 2.39. The van der Waals surface area contributed by atoms with Crippen molar-refractivity contribution >= 4 is 45.9 Å². The molecule has 0 radical (unpaired) electrons. The van der Waals surface area contributed by atoms with Crippen LogP contribution in [0.3, 0.4) is 0 Å². The third kappa shape index (κ3) is 4.04. The number of ether oxygens (including phenoxy) is 1. The third-order valence-corrected chi connectivity index (χ3v) is 7.10. The summed E-state index contributed by atoms with van der Waals surface area (Å²) >= 11 is 1.56. The zero-order chi connectivity index (χ0) is 22.4. The molecule has 11 nitrogen and oxygen atoms in total. The van der Waals surface area contributed by atoms with Gasteiger partial charge >= 0.3 is 0 Å². The molecule has 3 N–H and O–H groups in total. The van der Waals surface area contributed by atoms with Gasteiger partial charge in [0, 0.05) is 49.7 Å². The van der Waals surface area contributed by atoms with Gasteiger partial charge in [-0.25, -0.2) is 4.52 Å². The maximum Gasteiger partial charge on any atom is 0.248 e. The molecule has 3 aromatic rings. The van der Waals surface area contributed by atoms with Crippen LogP contribution in [0.1, 0.15) is 30.9 Å². The number of amidine groups is 1. The average molecular weight is 468 g/mol. The van der Waals surface area contributed by atoms with Crippen molar-refractivity contribution in [2.45, 2.75) is 37.3 Å². The molecule has 0 bridgehead atoms. The zero-order valence-electron chi connectivity index (χ0n) is 18.2. The van der Waals surface area contributed by atoms with Gasteiger partial charge in [0.1, 0.15) is 11.6 Å². The number of aliphatic imine (C=N–C) groups is 1. The minimum atomic E-state index is -0.452. The number of thioether (sulfide) groups is 1. The van der Waals surface area contributed by atoms with E-state index in [1.807, 2.05) is 29.3 Å². The normalized spacial score (nSPS) is 22.7. The number of hydrogen-bond donors (Lipinski definition) is 3. The summed E-state index contributed by atoms with van der Waals surface area (Å²) in [4.78, 5) is 24.2. The summed E-state index contributed by atoms with van der Waals surface area (Å²) in [7, 11) is 1.66. The predicted molar refractivity (Wildman–Crippen MR) is 126 cm³/mol. The van der Waals surface area contributed by atoms with Gasteiger partial charge in [0.05, 0.1) is 12.6 Å². The van der Waals surface area contributed by atoms with Gasteiger partial charge in [-0.2, -0.15) is 10.1 Å². The first kappa shape index (κ1) is 20.5. The molecule has 1 saturated heterocycles. The number of nitrogens with zero attached hydrogens (tertiary/aromatic N) is 6. The number of nitrogens with one attached hydrogen (secondary N) is 3. The molecule has 2 aliphatic heterocycles. The molecule has 0 spiro atoms. The standard InChI is InChI=1S/C21H25N9O2S/c1-32-13-9-16(19(31)25-21-22-6-8-33-21)29(11-13)20-24-18(15-3-2-7-30(15)28-20)23-17-10-14(26-27-17)12-4-5-12/h2-3,7,10,12-13,16H,4-6,8-9,11H2,1H3,(H,22,25,31)(H2,23,24,26,27,28)/t13-,16+/m1/s1. The second kappa shape index (κ2) is 8.34. The number of aromatic amines is 1. The smallest absolute Gasteiger partial charge is 0.248 e. The molecular weight excluding hydrogens is 442 g/mol.